The predicted octanol–water partition coefficient (Wildman–Crippen LogP) is -1.53. The summed E-state index contributed by atoms with van der Waals surface area (Å²) in [5.74, 6) is 0.793. The fraction of sp³-hybridized carbons (Fsp3) is 0. The van der Waals surface area contributed by atoms with E-state index < -0.39 is 0 Å². The molecule has 0 unspecified atom stereocenters. The van der Waals surface area contributed by atoms with Gasteiger partial charge in [0.1, 0.15) is 5.76 Å². The Kier molecular flexibility index (Phi) is 8.60. The van der Waals surface area contributed by atoms with Crippen molar-refractivity contribution in [1.29, 1.82) is 0 Å². The van der Waals surface area contributed by atoms with Gasteiger partial charge in [0.15, 0.2) is 0 Å². The van der Waals surface area contributed by atoms with Crippen LogP contribution in [0.4, 0.5) is 0 Å². The Bertz CT molecular complexity index is 862. The van der Waals surface area contributed by atoms with Crippen molar-refractivity contribution in [3.05, 3.63) is 79.3 Å². The van der Waals surface area contributed by atoms with Crippen LogP contribution in [-0.2, 0) is 19.5 Å². The minimum Gasteiger partial charge on any atom is -1.00 e. The largest absolute Gasteiger partial charge is 2.00 e. The van der Waals surface area contributed by atoms with Crippen LogP contribution in [0.1, 0.15) is 0 Å². The van der Waals surface area contributed by atoms with E-state index in [9.17, 15) is 0 Å². The van der Waals surface area contributed by atoms with Crippen molar-refractivity contribution < 1.29 is 48.7 Å². The summed E-state index contributed by atoms with van der Waals surface area (Å²) in [7, 11) is 0. The average Bonchev–Trinajstić information content (AvgIpc) is 3.18. The van der Waals surface area contributed by atoms with Crippen LogP contribution in [0.2, 0.25) is 0 Å². The van der Waals surface area contributed by atoms with Gasteiger partial charge in [-0.15, -0.1) is 0 Å². The molecule has 4 nitrogen and oxygen atoms in total. The summed E-state index contributed by atoms with van der Waals surface area (Å²) in [5.41, 5.74) is 4.17. The van der Waals surface area contributed by atoms with Crippen LogP contribution in [0.5, 0.6) is 0 Å². The number of hydrogen-bond acceptors (Lipinski definition) is 4. The summed E-state index contributed by atoms with van der Waals surface area (Å²) in [6.07, 6.45) is 5.19. The second-order valence-corrected chi connectivity index (χ2v) is 5.03. The Morgan fingerprint density at radius 2 is 1.23 bits per heavy atom. The average molecular weight is 436 g/mol. The monoisotopic (exact) mass is 433 g/mol. The van der Waals surface area contributed by atoms with Gasteiger partial charge in [-0.3, -0.25) is 9.97 Å². The molecule has 7 heteroatoms. The maximum Gasteiger partial charge on any atom is 2.00 e. The van der Waals surface area contributed by atoms with Gasteiger partial charge in [0.25, 0.3) is 0 Å². The molecule has 0 fully saturated rings. The summed E-state index contributed by atoms with van der Waals surface area (Å²) >= 11 is 0. The Hall–Kier alpha value is -2.07. The minimum atomic E-state index is 0. The summed E-state index contributed by atoms with van der Waals surface area (Å²) in [5, 5.41) is 0. The van der Waals surface area contributed by atoms with E-state index in [2.05, 4.69) is 9.97 Å². The van der Waals surface area contributed by atoms with Gasteiger partial charge in [-0.2, -0.15) is 0 Å². The molecule has 4 aromatic rings. The first-order valence-corrected chi connectivity index (χ1v) is 7.29. The molecule has 126 valence electrons. The molecule has 0 bridgehead atoms. The van der Waals surface area contributed by atoms with Gasteiger partial charge < -0.3 is 29.2 Å². The van der Waals surface area contributed by atoms with Crippen molar-refractivity contribution >= 4 is 0 Å². The van der Waals surface area contributed by atoms with Gasteiger partial charge in [-0.1, -0.05) is 12.1 Å². The molecule has 0 amide bonds. The van der Waals surface area contributed by atoms with Crippen LogP contribution in [-0.4, -0.2) is 15.0 Å². The molecule has 0 aliphatic heterocycles. The van der Waals surface area contributed by atoms with Crippen molar-refractivity contribution in [1.82, 2.24) is 15.0 Å². The van der Waals surface area contributed by atoms with Crippen LogP contribution in [0.3, 0.4) is 0 Å². The van der Waals surface area contributed by atoms with Crippen molar-refractivity contribution in [2.45, 2.75) is 0 Å². The molecule has 0 atom stereocenters. The molecule has 0 saturated heterocycles. The van der Waals surface area contributed by atoms with Gasteiger partial charge in [0.2, 0.25) is 0 Å². The van der Waals surface area contributed by atoms with E-state index in [1.807, 2.05) is 60.7 Å². The summed E-state index contributed by atoms with van der Waals surface area (Å²) in [6, 6.07) is 19.3. The number of hydrogen-bond donors (Lipinski definition) is 0. The Balaban J connectivity index is 0.00000113. The van der Waals surface area contributed by atoms with Gasteiger partial charge in [0, 0.05) is 18.0 Å². The number of halogens is 2. The normalized spacial score (nSPS) is 9.38. The number of aromatic nitrogens is 3. The minimum absolute atomic E-state index is 0. The standard InChI is InChI=1S/C19H13N3O.2ClH.Zn/c1-3-9-20-15(6-1)17-12-14(19-8-5-11-23-19)13-18(22-17)16-7-2-4-10-21-16;;;/h1-13H;2*1H;/q;;;+2/p-2. The van der Waals surface area contributed by atoms with Crippen molar-refractivity contribution in [3.8, 4) is 34.1 Å². The first-order valence-electron chi connectivity index (χ1n) is 7.29. The van der Waals surface area contributed by atoms with E-state index in [0.717, 1.165) is 34.1 Å². The van der Waals surface area contributed by atoms with Crippen LogP contribution < -0.4 is 24.8 Å². The zero-order valence-electron chi connectivity index (χ0n) is 13.7. The molecule has 0 radical (unpaired) electrons. The SMILES string of the molecule is [Cl-].[Cl-].[Zn+2].c1ccc(-c2cc(-c3ccco3)cc(-c3ccccn3)n2)nc1. The molecule has 4 rings (SSSR count). The van der Waals surface area contributed by atoms with E-state index in [4.69, 9.17) is 9.40 Å². The van der Waals surface area contributed by atoms with E-state index in [0.29, 0.717) is 0 Å². The van der Waals surface area contributed by atoms with Gasteiger partial charge in [-0.05, 0) is 48.5 Å². The third-order valence-corrected chi connectivity index (χ3v) is 3.49. The zero-order valence-corrected chi connectivity index (χ0v) is 18.2. The van der Waals surface area contributed by atoms with Crippen LogP contribution in [0.15, 0.2) is 83.7 Å². The fourth-order valence-electron chi connectivity index (χ4n) is 2.41. The zero-order chi connectivity index (χ0) is 15.5. The molecule has 4 aromatic heterocycles. The second-order valence-electron chi connectivity index (χ2n) is 5.03. The smallest absolute Gasteiger partial charge is 1.00 e. The first kappa shape index (κ1) is 22.0. The maximum atomic E-state index is 5.53. The maximum absolute atomic E-state index is 5.53. The molecule has 0 aliphatic rings. The Labute approximate surface area is 176 Å². The van der Waals surface area contributed by atoms with Crippen molar-refractivity contribution in [3.63, 3.8) is 0 Å². The molecule has 0 N–H and O–H groups in total. The molecule has 0 saturated carbocycles. The Morgan fingerprint density at radius 1 is 0.654 bits per heavy atom. The summed E-state index contributed by atoms with van der Waals surface area (Å²) < 4.78 is 5.53. The molecule has 4 heterocycles. The third-order valence-electron chi connectivity index (χ3n) is 3.49. The summed E-state index contributed by atoms with van der Waals surface area (Å²) in [4.78, 5) is 13.5. The second kappa shape index (κ2) is 10.2. The quantitative estimate of drug-likeness (QED) is 0.367. The number of nitrogens with zero attached hydrogens (tertiary/aromatic N) is 3. The number of furan rings is 1. The predicted molar refractivity (Wildman–Crippen MR) is 88.4 cm³/mol. The van der Waals surface area contributed by atoms with Crippen molar-refractivity contribution in [2.75, 3.05) is 0 Å². The topological polar surface area (TPSA) is 51.8 Å². The Morgan fingerprint density at radius 3 is 1.65 bits per heavy atom. The van der Waals surface area contributed by atoms with Crippen LogP contribution >= 0.6 is 0 Å². The van der Waals surface area contributed by atoms with Crippen LogP contribution in [0, 0.1) is 0 Å². The van der Waals surface area contributed by atoms with Gasteiger partial charge in [0.05, 0.1) is 29.0 Å². The molecule has 0 spiro atoms. The molecule has 0 aliphatic carbocycles. The molecule has 26 heavy (non-hydrogen) atoms. The molecule has 0 aromatic carbocycles. The molecular weight excluding hydrogens is 423 g/mol. The van der Waals surface area contributed by atoms with Gasteiger partial charge in [-0.25, -0.2) is 4.98 Å². The number of pyridine rings is 3. The first-order chi connectivity index (χ1) is 11.4. The molecular formula is C19H13Cl2N3OZn. The van der Waals surface area contributed by atoms with E-state index in [-0.39, 0.29) is 44.3 Å². The number of rotatable bonds is 3. The van der Waals surface area contributed by atoms with Crippen LogP contribution in [0.25, 0.3) is 34.1 Å². The fourth-order valence-corrected chi connectivity index (χ4v) is 2.41. The van der Waals surface area contributed by atoms with Crippen molar-refractivity contribution in [2.24, 2.45) is 0 Å². The van der Waals surface area contributed by atoms with E-state index >= 15 is 0 Å². The van der Waals surface area contributed by atoms with E-state index in [1.54, 1.807) is 18.7 Å². The third kappa shape index (κ3) is 4.76. The summed E-state index contributed by atoms with van der Waals surface area (Å²) in [6.45, 7) is 0. The van der Waals surface area contributed by atoms with Gasteiger partial charge >= 0.3 is 19.5 Å². The van der Waals surface area contributed by atoms with E-state index in [1.165, 1.54) is 0 Å².